The van der Waals surface area contributed by atoms with Gasteiger partial charge < -0.3 is 10.6 Å². The molecule has 0 aliphatic rings. The first-order chi connectivity index (χ1) is 8.99. The van der Waals surface area contributed by atoms with Crippen molar-refractivity contribution in [2.24, 2.45) is 5.92 Å². The molecule has 0 amide bonds. The lowest BCUT2D eigenvalue weighted by molar-refractivity contribution is 0.294. The summed E-state index contributed by atoms with van der Waals surface area (Å²) in [5.74, 6) is 1.16. The van der Waals surface area contributed by atoms with E-state index in [4.69, 9.17) is 5.73 Å². The highest BCUT2D eigenvalue weighted by Crippen LogP contribution is 2.26. The summed E-state index contributed by atoms with van der Waals surface area (Å²) in [5, 5.41) is 0. The van der Waals surface area contributed by atoms with Crippen LogP contribution in [-0.4, -0.2) is 40.1 Å². The van der Waals surface area contributed by atoms with Crippen LogP contribution in [0.3, 0.4) is 0 Å². The van der Waals surface area contributed by atoms with E-state index in [1.165, 1.54) is 0 Å². The molecular formula is C14H23N5. The third-order valence-corrected chi connectivity index (χ3v) is 3.16. The molecule has 0 radical (unpaired) electrons. The summed E-state index contributed by atoms with van der Waals surface area (Å²) in [4.78, 5) is 11.0. The number of nitrogens with two attached hydrogens (primary N) is 1. The molecule has 19 heavy (non-hydrogen) atoms. The summed E-state index contributed by atoms with van der Waals surface area (Å²) >= 11 is 0. The first kappa shape index (κ1) is 13.8. The van der Waals surface area contributed by atoms with Gasteiger partial charge >= 0.3 is 0 Å². The molecule has 0 saturated heterocycles. The molecule has 5 nitrogen and oxygen atoms in total. The van der Waals surface area contributed by atoms with Crippen LogP contribution in [0, 0.1) is 5.92 Å². The van der Waals surface area contributed by atoms with Crippen molar-refractivity contribution >= 4 is 17.1 Å². The normalized spacial score (nSPS) is 13.6. The Morgan fingerprint density at radius 1 is 1.37 bits per heavy atom. The monoisotopic (exact) mass is 261 g/mol. The predicted molar refractivity (Wildman–Crippen MR) is 79.0 cm³/mol. The number of pyridine rings is 1. The van der Waals surface area contributed by atoms with E-state index in [-0.39, 0.29) is 0 Å². The number of nitrogens with zero attached hydrogens (tertiary/aromatic N) is 4. The lowest BCUT2D eigenvalue weighted by Gasteiger charge is -2.25. The average Bonchev–Trinajstić information content (AvgIpc) is 2.62. The van der Waals surface area contributed by atoms with Crippen LogP contribution < -0.4 is 5.73 Å². The van der Waals surface area contributed by atoms with Crippen molar-refractivity contribution in [2.45, 2.75) is 26.3 Å². The van der Waals surface area contributed by atoms with E-state index in [1.807, 2.05) is 12.1 Å². The number of imidazole rings is 1. The number of likely N-dealkylation sites (N-methyl/N-ethyl adjacent to an activating group) is 1. The zero-order chi connectivity index (χ0) is 14.0. The van der Waals surface area contributed by atoms with E-state index in [9.17, 15) is 0 Å². The number of anilines is 1. The third-order valence-electron chi connectivity index (χ3n) is 3.16. The second-order valence-electron chi connectivity index (χ2n) is 5.73. The fraction of sp³-hybridized carbons (Fsp3) is 0.571. The fourth-order valence-corrected chi connectivity index (χ4v) is 2.53. The topological polar surface area (TPSA) is 60.0 Å². The maximum atomic E-state index is 6.10. The smallest absolute Gasteiger partial charge is 0.202 e. The maximum absolute atomic E-state index is 6.10. The lowest BCUT2D eigenvalue weighted by Crippen LogP contribution is -2.26. The molecule has 1 unspecified atom stereocenters. The van der Waals surface area contributed by atoms with Gasteiger partial charge in [0, 0.05) is 12.7 Å². The zero-order valence-electron chi connectivity index (χ0n) is 12.2. The average molecular weight is 261 g/mol. The number of nitrogen functional groups attached to an aromatic ring is 1. The van der Waals surface area contributed by atoms with Gasteiger partial charge in [0.1, 0.15) is 5.52 Å². The zero-order valence-corrected chi connectivity index (χ0v) is 12.2. The van der Waals surface area contributed by atoms with E-state index in [2.05, 4.69) is 47.4 Å². The molecular weight excluding hydrogens is 238 g/mol. The molecule has 2 heterocycles. The van der Waals surface area contributed by atoms with E-state index < -0.39 is 0 Å². The van der Waals surface area contributed by atoms with Crippen LogP contribution in [0.2, 0.25) is 0 Å². The van der Waals surface area contributed by atoms with Crippen LogP contribution in [0.1, 0.15) is 26.3 Å². The Kier molecular flexibility index (Phi) is 4.04. The van der Waals surface area contributed by atoms with Crippen LogP contribution in [0.5, 0.6) is 0 Å². The number of rotatable bonds is 5. The van der Waals surface area contributed by atoms with Gasteiger partial charge in [0.25, 0.3) is 0 Å². The molecule has 2 aromatic rings. The largest absolute Gasteiger partial charge is 0.369 e. The molecule has 0 aromatic carbocycles. The quantitative estimate of drug-likeness (QED) is 0.896. The molecule has 2 rings (SSSR count). The van der Waals surface area contributed by atoms with Crippen molar-refractivity contribution < 1.29 is 0 Å². The highest BCUT2D eigenvalue weighted by molar-refractivity contribution is 5.74. The molecule has 5 heteroatoms. The summed E-state index contributed by atoms with van der Waals surface area (Å²) in [7, 11) is 4.16. The first-order valence-electron chi connectivity index (χ1n) is 6.72. The highest BCUT2D eigenvalue weighted by Gasteiger charge is 2.20. The number of fused-ring (bicyclic) bond motifs is 1. The molecule has 0 aliphatic carbocycles. The standard InChI is InChI=1S/C14H23N5/c1-10(2)8-11(9-18(3)4)19-13-12(17-14(19)15)6-5-7-16-13/h5-7,10-11H,8-9H2,1-4H3,(H2,15,17). The first-order valence-corrected chi connectivity index (χ1v) is 6.72. The summed E-state index contributed by atoms with van der Waals surface area (Å²) < 4.78 is 2.08. The summed E-state index contributed by atoms with van der Waals surface area (Å²) in [6.07, 6.45) is 2.85. The van der Waals surface area contributed by atoms with Crippen LogP contribution in [-0.2, 0) is 0 Å². The second-order valence-corrected chi connectivity index (χ2v) is 5.73. The molecule has 0 saturated carbocycles. The van der Waals surface area contributed by atoms with Crippen molar-refractivity contribution in [3.63, 3.8) is 0 Å². The third kappa shape index (κ3) is 3.04. The Bertz CT molecular complexity index is 534. The maximum Gasteiger partial charge on any atom is 0.202 e. The molecule has 0 aliphatic heterocycles. The summed E-state index contributed by atoms with van der Waals surface area (Å²) in [6.45, 7) is 5.39. The Morgan fingerprint density at radius 2 is 2.11 bits per heavy atom. The van der Waals surface area contributed by atoms with Crippen molar-refractivity contribution in [1.29, 1.82) is 0 Å². The van der Waals surface area contributed by atoms with Gasteiger partial charge in [-0.15, -0.1) is 0 Å². The van der Waals surface area contributed by atoms with Crippen LogP contribution in [0.15, 0.2) is 18.3 Å². The van der Waals surface area contributed by atoms with Gasteiger partial charge in [-0.25, -0.2) is 9.97 Å². The summed E-state index contributed by atoms with van der Waals surface area (Å²) in [5.41, 5.74) is 7.85. The van der Waals surface area contributed by atoms with Gasteiger partial charge in [-0.05, 0) is 38.6 Å². The van der Waals surface area contributed by atoms with Gasteiger partial charge in [0.2, 0.25) is 5.95 Å². The molecule has 0 spiro atoms. The minimum absolute atomic E-state index is 0.301. The van der Waals surface area contributed by atoms with Gasteiger partial charge in [-0.3, -0.25) is 4.57 Å². The summed E-state index contributed by atoms with van der Waals surface area (Å²) in [6, 6.07) is 4.15. The van der Waals surface area contributed by atoms with Crippen LogP contribution in [0.25, 0.3) is 11.2 Å². The molecule has 0 fully saturated rings. The Morgan fingerprint density at radius 3 is 2.74 bits per heavy atom. The van der Waals surface area contributed by atoms with Crippen molar-refractivity contribution in [2.75, 3.05) is 26.4 Å². The number of hydrogen-bond donors (Lipinski definition) is 1. The van der Waals surface area contributed by atoms with Crippen LogP contribution in [0.4, 0.5) is 5.95 Å². The Labute approximate surface area is 114 Å². The lowest BCUT2D eigenvalue weighted by atomic mass is 10.0. The van der Waals surface area contributed by atoms with E-state index in [0.29, 0.717) is 17.9 Å². The van der Waals surface area contributed by atoms with Gasteiger partial charge in [0.05, 0.1) is 6.04 Å². The van der Waals surface area contributed by atoms with E-state index >= 15 is 0 Å². The van der Waals surface area contributed by atoms with E-state index in [0.717, 1.165) is 24.1 Å². The molecule has 1 atom stereocenters. The number of hydrogen-bond acceptors (Lipinski definition) is 4. The molecule has 2 aromatic heterocycles. The highest BCUT2D eigenvalue weighted by atomic mass is 15.2. The van der Waals surface area contributed by atoms with Gasteiger partial charge in [0.15, 0.2) is 5.65 Å². The predicted octanol–water partition coefficient (Wildman–Crippen LogP) is 2.16. The Hall–Kier alpha value is -1.62. The fourth-order valence-electron chi connectivity index (χ4n) is 2.53. The molecule has 2 N–H and O–H groups in total. The Balaban J connectivity index is 2.45. The minimum Gasteiger partial charge on any atom is -0.369 e. The number of aromatic nitrogens is 3. The molecule has 0 bridgehead atoms. The van der Waals surface area contributed by atoms with Crippen molar-refractivity contribution in [3.05, 3.63) is 18.3 Å². The van der Waals surface area contributed by atoms with Gasteiger partial charge in [-0.2, -0.15) is 0 Å². The van der Waals surface area contributed by atoms with Crippen molar-refractivity contribution in [3.8, 4) is 0 Å². The second kappa shape index (κ2) is 5.57. The molecule has 104 valence electrons. The van der Waals surface area contributed by atoms with E-state index in [1.54, 1.807) is 6.20 Å². The van der Waals surface area contributed by atoms with Crippen molar-refractivity contribution in [1.82, 2.24) is 19.4 Å². The van der Waals surface area contributed by atoms with Gasteiger partial charge in [-0.1, -0.05) is 13.8 Å². The minimum atomic E-state index is 0.301. The SMILES string of the molecule is CC(C)CC(CN(C)C)n1c(N)nc2cccnc21. The van der Waals surface area contributed by atoms with Crippen LogP contribution >= 0.6 is 0 Å².